The molecule has 0 radical (unpaired) electrons. The standard InChI is InChI=1S/C13H16BrN3O2S/c1-10-12(8-15-16-10)20(18,19)17-13(2,9-14)11-6-4-3-5-7-11/h3-8,17H,9H2,1-2H3,(H,15,16). The van der Waals surface area contributed by atoms with Crippen molar-refractivity contribution in [2.75, 3.05) is 5.33 Å². The number of nitrogens with zero attached hydrogens (tertiary/aromatic N) is 1. The molecular weight excluding hydrogens is 342 g/mol. The van der Waals surface area contributed by atoms with Gasteiger partial charge in [-0.15, -0.1) is 0 Å². The molecule has 0 saturated heterocycles. The summed E-state index contributed by atoms with van der Waals surface area (Å²) in [6.45, 7) is 3.51. The molecular formula is C13H16BrN3O2S. The quantitative estimate of drug-likeness (QED) is 0.806. The largest absolute Gasteiger partial charge is 0.281 e. The van der Waals surface area contributed by atoms with Crippen LogP contribution in [0.5, 0.6) is 0 Å². The summed E-state index contributed by atoms with van der Waals surface area (Å²) in [5.41, 5.74) is 0.674. The highest BCUT2D eigenvalue weighted by Gasteiger charge is 2.32. The molecule has 1 unspecified atom stereocenters. The van der Waals surface area contributed by atoms with Gasteiger partial charge >= 0.3 is 0 Å². The predicted octanol–water partition coefficient (Wildman–Crippen LogP) is 2.31. The lowest BCUT2D eigenvalue weighted by atomic mass is 9.96. The fourth-order valence-electron chi connectivity index (χ4n) is 1.93. The van der Waals surface area contributed by atoms with Crippen LogP contribution < -0.4 is 4.72 Å². The molecule has 0 fully saturated rings. The summed E-state index contributed by atoms with van der Waals surface area (Å²) in [5.74, 6) is 0. The molecule has 0 spiro atoms. The zero-order chi connectivity index (χ0) is 14.8. The number of hydrogen-bond donors (Lipinski definition) is 2. The summed E-state index contributed by atoms with van der Waals surface area (Å²) in [6.07, 6.45) is 1.32. The average Bonchev–Trinajstić information content (AvgIpc) is 2.86. The van der Waals surface area contributed by atoms with Crippen molar-refractivity contribution in [3.05, 3.63) is 47.8 Å². The van der Waals surface area contributed by atoms with Gasteiger partial charge in [0.15, 0.2) is 0 Å². The Balaban J connectivity index is 2.38. The second-order valence-corrected chi connectivity index (χ2v) is 7.01. The topological polar surface area (TPSA) is 74.8 Å². The number of H-pyrrole nitrogens is 1. The second kappa shape index (κ2) is 5.67. The van der Waals surface area contributed by atoms with Crippen molar-refractivity contribution in [3.8, 4) is 0 Å². The molecule has 1 atom stereocenters. The average molecular weight is 358 g/mol. The van der Waals surface area contributed by atoms with E-state index in [1.807, 2.05) is 37.3 Å². The van der Waals surface area contributed by atoms with E-state index in [1.54, 1.807) is 6.92 Å². The molecule has 20 heavy (non-hydrogen) atoms. The zero-order valence-corrected chi connectivity index (χ0v) is 13.6. The molecule has 2 N–H and O–H groups in total. The van der Waals surface area contributed by atoms with E-state index in [0.29, 0.717) is 11.0 Å². The molecule has 2 rings (SSSR count). The SMILES string of the molecule is Cc1[nH]ncc1S(=O)(=O)NC(C)(CBr)c1ccccc1. The van der Waals surface area contributed by atoms with E-state index in [-0.39, 0.29) is 4.90 Å². The maximum atomic E-state index is 12.5. The fraction of sp³-hybridized carbons (Fsp3) is 0.308. The number of sulfonamides is 1. The van der Waals surface area contributed by atoms with E-state index in [0.717, 1.165) is 5.56 Å². The van der Waals surface area contributed by atoms with Crippen molar-refractivity contribution in [1.29, 1.82) is 0 Å². The third-order valence-electron chi connectivity index (χ3n) is 3.11. The first kappa shape index (κ1) is 15.2. The van der Waals surface area contributed by atoms with Crippen LogP contribution in [0.15, 0.2) is 41.4 Å². The van der Waals surface area contributed by atoms with E-state index >= 15 is 0 Å². The van der Waals surface area contributed by atoms with Crippen molar-refractivity contribution >= 4 is 26.0 Å². The molecule has 0 aliphatic heterocycles. The lowest BCUT2D eigenvalue weighted by molar-refractivity contribution is 0.482. The third kappa shape index (κ3) is 2.94. The van der Waals surface area contributed by atoms with Gasteiger partial charge in [-0.25, -0.2) is 8.42 Å². The van der Waals surface area contributed by atoms with Gasteiger partial charge in [-0.1, -0.05) is 46.3 Å². The highest BCUT2D eigenvalue weighted by molar-refractivity contribution is 9.09. The highest BCUT2D eigenvalue weighted by Crippen LogP contribution is 2.26. The molecule has 0 amide bonds. The minimum atomic E-state index is -3.64. The summed E-state index contributed by atoms with van der Waals surface area (Å²) in [6, 6.07) is 9.45. The number of rotatable bonds is 5. The summed E-state index contributed by atoms with van der Waals surface area (Å²) in [4.78, 5) is 0.167. The van der Waals surface area contributed by atoms with Crippen molar-refractivity contribution in [3.63, 3.8) is 0 Å². The normalized spacial score (nSPS) is 14.9. The smallest absolute Gasteiger partial charge is 0.244 e. The van der Waals surface area contributed by atoms with E-state index in [2.05, 4.69) is 30.8 Å². The Bertz CT molecular complexity index is 685. The first-order valence-corrected chi connectivity index (χ1v) is 8.65. The first-order valence-electron chi connectivity index (χ1n) is 6.04. The van der Waals surface area contributed by atoms with Crippen molar-refractivity contribution in [2.45, 2.75) is 24.3 Å². The molecule has 2 aromatic rings. The number of aromatic nitrogens is 2. The molecule has 5 nitrogen and oxygen atoms in total. The summed E-state index contributed by atoms with van der Waals surface area (Å²) >= 11 is 3.39. The number of benzene rings is 1. The Morgan fingerprint density at radius 1 is 1.35 bits per heavy atom. The monoisotopic (exact) mass is 357 g/mol. The number of nitrogens with one attached hydrogen (secondary N) is 2. The van der Waals surface area contributed by atoms with Crippen LogP contribution in [-0.4, -0.2) is 23.9 Å². The number of hydrogen-bond acceptors (Lipinski definition) is 3. The maximum absolute atomic E-state index is 12.5. The van der Waals surface area contributed by atoms with Gasteiger partial charge in [0.2, 0.25) is 10.0 Å². The van der Waals surface area contributed by atoms with E-state index in [9.17, 15) is 8.42 Å². The van der Waals surface area contributed by atoms with Gasteiger partial charge in [0, 0.05) is 5.33 Å². The minimum Gasteiger partial charge on any atom is -0.281 e. The molecule has 1 heterocycles. The highest BCUT2D eigenvalue weighted by atomic mass is 79.9. The molecule has 0 aliphatic rings. The maximum Gasteiger partial charge on any atom is 0.244 e. The van der Waals surface area contributed by atoms with Gasteiger partial charge in [-0.2, -0.15) is 9.82 Å². The lowest BCUT2D eigenvalue weighted by Crippen LogP contribution is -2.44. The van der Waals surface area contributed by atoms with Crippen LogP contribution in [0.4, 0.5) is 0 Å². The van der Waals surface area contributed by atoms with Gasteiger partial charge in [-0.3, -0.25) is 5.10 Å². The Labute approximate surface area is 127 Å². The Kier molecular flexibility index (Phi) is 4.31. The molecule has 1 aromatic heterocycles. The summed E-state index contributed by atoms with van der Waals surface area (Å²) in [7, 11) is -3.64. The first-order chi connectivity index (χ1) is 9.39. The zero-order valence-electron chi connectivity index (χ0n) is 11.2. The van der Waals surface area contributed by atoms with Crippen molar-refractivity contribution < 1.29 is 8.42 Å². The van der Waals surface area contributed by atoms with Crippen molar-refractivity contribution in [1.82, 2.24) is 14.9 Å². The fourth-order valence-corrected chi connectivity index (χ4v) is 4.11. The third-order valence-corrected chi connectivity index (χ3v) is 5.94. The number of aryl methyl sites for hydroxylation is 1. The van der Waals surface area contributed by atoms with Gasteiger partial charge in [0.25, 0.3) is 0 Å². The molecule has 108 valence electrons. The number of halogens is 1. The van der Waals surface area contributed by atoms with E-state index in [1.165, 1.54) is 6.20 Å². The van der Waals surface area contributed by atoms with E-state index in [4.69, 9.17) is 0 Å². The van der Waals surface area contributed by atoms with Crippen LogP contribution >= 0.6 is 15.9 Å². The molecule has 0 aliphatic carbocycles. The van der Waals surface area contributed by atoms with Crippen LogP contribution in [0.1, 0.15) is 18.2 Å². The van der Waals surface area contributed by atoms with Gasteiger partial charge in [-0.05, 0) is 19.4 Å². The Hall–Kier alpha value is -1.18. The lowest BCUT2D eigenvalue weighted by Gasteiger charge is -2.29. The van der Waals surface area contributed by atoms with E-state index < -0.39 is 15.6 Å². The van der Waals surface area contributed by atoms with Gasteiger partial charge in [0.1, 0.15) is 4.90 Å². The summed E-state index contributed by atoms with van der Waals surface area (Å²) in [5, 5.41) is 6.86. The molecule has 1 aromatic carbocycles. The predicted molar refractivity (Wildman–Crippen MR) is 81.2 cm³/mol. The second-order valence-electron chi connectivity index (χ2n) is 4.80. The van der Waals surface area contributed by atoms with Crippen LogP contribution in [0.2, 0.25) is 0 Å². The Morgan fingerprint density at radius 3 is 2.50 bits per heavy atom. The van der Waals surface area contributed by atoms with Gasteiger partial charge in [0.05, 0.1) is 17.4 Å². The molecule has 7 heteroatoms. The van der Waals surface area contributed by atoms with Crippen LogP contribution in [-0.2, 0) is 15.6 Å². The van der Waals surface area contributed by atoms with Crippen LogP contribution in [0, 0.1) is 6.92 Å². The van der Waals surface area contributed by atoms with Crippen molar-refractivity contribution in [2.24, 2.45) is 0 Å². The minimum absolute atomic E-state index is 0.167. The van der Waals surface area contributed by atoms with Gasteiger partial charge < -0.3 is 0 Å². The van der Waals surface area contributed by atoms with Crippen LogP contribution in [0.3, 0.4) is 0 Å². The molecule has 0 bridgehead atoms. The Morgan fingerprint density at radius 2 is 2.00 bits per heavy atom. The number of aromatic amines is 1. The number of alkyl halides is 1. The molecule has 0 saturated carbocycles. The van der Waals surface area contributed by atoms with Crippen LogP contribution in [0.25, 0.3) is 0 Å². The summed E-state index contributed by atoms with van der Waals surface area (Å²) < 4.78 is 27.7.